The standard InChI is InChI=1S/C13H17F2IN2.ClH/c1-17-7-9-3-2-6-18(9)8-10-11(14)4-5-12(16)13(10)15;/h4-5,9,17H,2-3,6-8H2,1H3;1H. The van der Waals surface area contributed by atoms with Gasteiger partial charge in [0, 0.05) is 28.3 Å². The van der Waals surface area contributed by atoms with Gasteiger partial charge in [-0.25, -0.2) is 8.78 Å². The fourth-order valence-corrected chi connectivity index (χ4v) is 2.99. The van der Waals surface area contributed by atoms with Gasteiger partial charge >= 0.3 is 0 Å². The van der Waals surface area contributed by atoms with Crippen LogP contribution in [0.4, 0.5) is 8.78 Å². The van der Waals surface area contributed by atoms with Gasteiger partial charge in [-0.15, -0.1) is 12.4 Å². The van der Waals surface area contributed by atoms with E-state index in [-0.39, 0.29) is 18.0 Å². The van der Waals surface area contributed by atoms with Gasteiger partial charge in [-0.3, -0.25) is 4.90 Å². The minimum Gasteiger partial charge on any atom is -0.318 e. The number of nitrogens with zero attached hydrogens (tertiary/aromatic N) is 1. The molecule has 0 amide bonds. The molecule has 6 heteroatoms. The van der Waals surface area contributed by atoms with Crippen molar-refractivity contribution >= 4 is 35.0 Å². The zero-order valence-corrected chi connectivity index (χ0v) is 13.7. The zero-order chi connectivity index (χ0) is 13.1. The summed E-state index contributed by atoms with van der Waals surface area (Å²) in [6.45, 7) is 2.14. The van der Waals surface area contributed by atoms with Gasteiger partial charge in [-0.1, -0.05) is 0 Å². The Hall–Kier alpha value is 0.0200. The normalized spacial score (nSPS) is 19.5. The van der Waals surface area contributed by atoms with E-state index in [2.05, 4.69) is 10.2 Å². The lowest BCUT2D eigenvalue weighted by atomic mass is 10.1. The van der Waals surface area contributed by atoms with E-state index in [1.54, 1.807) is 0 Å². The molecule has 108 valence electrons. The average molecular weight is 403 g/mol. The summed E-state index contributed by atoms with van der Waals surface area (Å²) >= 11 is 1.90. The molecule has 1 aromatic carbocycles. The molecule has 0 bridgehead atoms. The van der Waals surface area contributed by atoms with E-state index < -0.39 is 11.6 Å². The Morgan fingerprint density at radius 1 is 1.42 bits per heavy atom. The van der Waals surface area contributed by atoms with Crippen LogP contribution in [0, 0.1) is 15.2 Å². The van der Waals surface area contributed by atoms with Crippen molar-refractivity contribution in [3.63, 3.8) is 0 Å². The second-order valence-corrected chi connectivity index (χ2v) is 5.81. The summed E-state index contributed by atoms with van der Waals surface area (Å²) in [7, 11) is 1.91. The van der Waals surface area contributed by atoms with E-state index in [1.165, 1.54) is 12.1 Å². The number of hydrogen-bond donors (Lipinski definition) is 1. The fraction of sp³-hybridized carbons (Fsp3) is 0.538. The van der Waals surface area contributed by atoms with E-state index in [1.807, 2.05) is 29.6 Å². The number of hydrogen-bond acceptors (Lipinski definition) is 2. The number of halogens is 4. The van der Waals surface area contributed by atoms with Crippen LogP contribution in [0.2, 0.25) is 0 Å². The first-order chi connectivity index (χ1) is 8.63. The summed E-state index contributed by atoms with van der Waals surface area (Å²) in [5, 5.41) is 3.14. The van der Waals surface area contributed by atoms with E-state index in [9.17, 15) is 8.78 Å². The number of likely N-dealkylation sites (N-methyl/N-ethyl adjacent to an activating group) is 1. The van der Waals surface area contributed by atoms with E-state index in [0.29, 0.717) is 16.2 Å². The van der Waals surface area contributed by atoms with E-state index in [4.69, 9.17) is 0 Å². The molecule has 2 rings (SSSR count). The molecule has 1 atom stereocenters. The predicted octanol–water partition coefficient (Wildman–Crippen LogP) is 3.18. The van der Waals surface area contributed by atoms with Crippen LogP contribution in [-0.4, -0.2) is 31.1 Å². The highest BCUT2D eigenvalue weighted by atomic mass is 127. The van der Waals surface area contributed by atoms with Crippen molar-refractivity contribution in [3.05, 3.63) is 32.9 Å². The van der Waals surface area contributed by atoms with Crippen molar-refractivity contribution in [2.24, 2.45) is 0 Å². The molecule has 0 aromatic heterocycles. The molecule has 1 unspecified atom stereocenters. The highest BCUT2D eigenvalue weighted by molar-refractivity contribution is 14.1. The van der Waals surface area contributed by atoms with Crippen LogP contribution in [-0.2, 0) is 6.54 Å². The molecule has 1 fully saturated rings. The first kappa shape index (κ1) is 17.1. The van der Waals surface area contributed by atoms with Gasteiger partial charge in [-0.05, 0) is 61.2 Å². The van der Waals surface area contributed by atoms with E-state index >= 15 is 0 Å². The van der Waals surface area contributed by atoms with E-state index in [0.717, 1.165) is 25.9 Å². The van der Waals surface area contributed by atoms with Gasteiger partial charge in [0.15, 0.2) is 0 Å². The summed E-state index contributed by atoms with van der Waals surface area (Å²) in [6.07, 6.45) is 2.19. The quantitative estimate of drug-likeness (QED) is 0.615. The van der Waals surface area contributed by atoms with Gasteiger partial charge in [0.1, 0.15) is 11.6 Å². The third kappa shape index (κ3) is 4.00. The molecule has 1 heterocycles. The van der Waals surface area contributed by atoms with Crippen molar-refractivity contribution in [2.45, 2.75) is 25.4 Å². The SMILES string of the molecule is CNCC1CCCN1Cc1c(F)ccc(I)c1F.Cl. The lowest BCUT2D eigenvalue weighted by molar-refractivity contribution is 0.235. The molecular weight excluding hydrogens is 385 g/mol. The molecule has 2 nitrogen and oxygen atoms in total. The van der Waals surface area contributed by atoms with Gasteiger partial charge in [0.25, 0.3) is 0 Å². The van der Waals surface area contributed by atoms with Crippen LogP contribution in [0.5, 0.6) is 0 Å². The molecule has 1 N–H and O–H groups in total. The number of likely N-dealkylation sites (tertiary alicyclic amines) is 1. The summed E-state index contributed by atoms with van der Waals surface area (Å²) < 4.78 is 28.1. The smallest absolute Gasteiger partial charge is 0.143 e. The van der Waals surface area contributed by atoms with Crippen molar-refractivity contribution in [1.29, 1.82) is 0 Å². The molecule has 0 aliphatic carbocycles. The first-order valence-electron chi connectivity index (χ1n) is 6.14. The Bertz CT molecular complexity index is 431. The fourth-order valence-electron chi connectivity index (χ4n) is 2.49. The number of rotatable bonds is 4. The highest BCUT2D eigenvalue weighted by Crippen LogP contribution is 2.24. The monoisotopic (exact) mass is 402 g/mol. The van der Waals surface area contributed by atoms with Crippen molar-refractivity contribution in [3.8, 4) is 0 Å². The molecule has 1 saturated heterocycles. The summed E-state index contributed by atoms with van der Waals surface area (Å²) in [4.78, 5) is 2.16. The molecule has 1 aliphatic rings. The Kier molecular flexibility index (Phi) is 6.93. The largest absolute Gasteiger partial charge is 0.318 e. The Morgan fingerprint density at radius 3 is 2.84 bits per heavy atom. The minimum atomic E-state index is -0.442. The van der Waals surface area contributed by atoms with Crippen LogP contribution < -0.4 is 5.32 Å². The molecule has 1 aromatic rings. The molecular formula is C13H18ClF2IN2. The van der Waals surface area contributed by atoms with Crippen LogP contribution in [0.3, 0.4) is 0 Å². The van der Waals surface area contributed by atoms with Crippen molar-refractivity contribution in [2.75, 3.05) is 20.1 Å². The van der Waals surface area contributed by atoms with Crippen molar-refractivity contribution < 1.29 is 8.78 Å². The van der Waals surface area contributed by atoms with Gasteiger partial charge < -0.3 is 5.32 Å². The minimum absolute atomic E-state index is 0. The first-order valence-corrected chi connectivity index (χ1v) is 7.22. The summed E-state index contributed by atoms with van der Waals surface area (Å²) in [5.74, 6) is -0.853. The van der Waals surface area contributed by atoms with Crippen LogP contribution in [0.15, 0.2) is 12.1 Å². The maximum absolute atomic E-state index is 13.9. The number of nitrogens with one attached hydrogen (secondary N) is 1. The average Bonchev–Trinajstić information content (AvgIpc) is 2.78. The predicted molar refractivity (Wildman–Crippen MR) is 83.7 cm³/mol. The number of benzene rings is 1. The van der Waals surface area contributed by atoms with Crippen LogP contribution in [0.25, 0.3) is 0 Å². The second kappa shape index (κ2) is 7.71. The molecule has 0 radical (unpaired) electrons. The van der Waals surface area contributed by atoms with Gasteiger partial charge in [-0.2, -0.15) is 0 Å². The van der Waals surface area contributed by atoms with Crippen molar-refractivity contribution in [1.82, 2.24) is 10.2 Å². The molecule has 0 spiro atoms. The molecule has 0 saturated carbocycles. The van der Waals surface area contributed by atoms with Gasteiger partial charge in [0.2, 0.25) is 0 Å². The zero-order valence-electron chi connectivity index (χ0n) is 10.8. The maximum atomic E-state index is 13.9. The Balaban J connectivity index is 0.00000180. The second-order valence-electron chi connectivity index (χ2n) is 4.65. The molecule has 1 aliphatic heterocycles. The third-order valence-electron chi connectivity index (χ3n) is 3.44. The highest BCUT2D eigenvalue weighted by Gasteiger charge is 2.26. The Morgan fingerprint density at radius 2 is 2.16 bits per heavy atom. The summed E-state index contributed by atoms with van der Waals surface area (Å²) in [5.41, 5.74) is 0.199. The lowest BCUT2D eigenvalue weighted by Crippen LogP contribution is -2.36. The van der Waals surface area contributed by atoms with Crippen LogP contribution >= 0.6 is 35.0 Å². The van der Waals surface area contributed by atoms with Gasteiger partial charge in [0.05, 0.1) is 0 Å². The Labute approximate surface area is 132 Å². The molecule has 19 heavy (non-hydrogen) atoms. The summed E-state index contributed by atoms with van der Waals surface area (Å²) in [6, 6.07) is 3.21. The topological polar surface area (TPSA) is 15.3 Å². The lowest BCUT2D eigenvalue weighted by Gasteiger charge is -2.24. The van der Waals surface area contributed by atoms with Crippen LogP contribution in [0.1, 0.15) is 18.4 Å². The maximum Gasteiger partial charge on any atom is 0.143 e. The third-order valence-corrected chi connectivity index (χ3v) is 4.27.